The summed E-state index contributed by atoms with van der Waals surface area (Å²) in [7, 11) is 1.60. The lowest BCUT2D eigenvalue weighted by atomic mass is 10.1. The third-order valence-electron chi connectivity index (χ3n) is 2.74. The summed E-state index contributed by atoms with van der Waals surface area (Å²) in [4.78, 5) is 0.768. The molecule has 19 heavy (non-hydrogen) atoms. The van der Waals surface area contributed by atoms with Crippen LogP contribution in [0.2, 0.25) is 0 Å². The maximum absolute atomic E-state index is 10.1. The van der Waals surface area contributed by atoms with Crippen molar-refractivity contribution in [3.63, 3.8) is 0 Å². The van der Waals surface area contributed by atoms with E-state index in [0.717, 1.165) is 16.2 Å². The normalized spacial score (nSPS) is 12.1. The van der Waals surface area contributed by atoms with E-state index in [1.165, 1.54) is 11.8 Å². The minimum Gasteiger partial charge on any atom is -0.507 e. The van der Waals surface area contributed by atoms with Crippen molar-refractivity contribution >= 4 is 11.8 Å². The number of benzene rings is 2. The quantitative estimate of drug-likeness (QED) is 0.823. The summed E-state index contributed by atoms with van der Waals surface area (Å²) < 4.78 is 5.13. The molecule has 0 fully saturated rings. The highest BCUT2D eigenvalue weighted by atomic mass is 32.2. The standard InChI is InChI=1S/C15H16O3S/c1-18-12-6-4-5-11(9-12)14(17)10-19-15-8-3-2-7-13(15)16/h2-9,14,16-17H,10H2,1H3. The number of aromatic hydroxyl groups is 1. The molecule has 0 saturated heterocycles. The first-order valence-corrected chi connectivity index (χ1v) is 6.92. The second-order valence-corrected chi connectivity index (χ2v) is 5.13. The summed E-state index contributed by atoms with van der Waals surface area (Å²) >= 11 is 1.42. The molecule has 0 heterocycles. The van der Waals surface area contributed by atoms with Gasteiger partial charge in [0.15, 0.2) is 0 Å². The van der Waals surface area contributed by atoms with E-state index in [1.54, 1.807) is 19.2 Å². The first kappa shape index (κ1) is 13.8. The first-order chi connectivity index (χ1) is 9.20. The van der Waals surface area contributed by atoms with Crippen molar-refractivity contribution in [3.05, 3.63) is 54.1 Å². The lowest BCUT2D eigenvalue weighted by molar-refractivity contribution is 0.203. The lowest BCUT2D eigenvalue weighted by Crippen LogP contribution is -2.00. The van der Waals surface area contributed by atoms with Crippen molar-refractivity contribution in [2.75, 3.05) is 12.9 Å². The van der Waals surface area contributed by atoms with Crippen LogP contribution in [0.1, 0.15) is 11.7 Å². The summed E-state index contributed by atoms with van der Waals surface area (Å²) in [6.45, 7) is 0. The summed E-state index contributed by atoms with van der Waals surface area (Å²) in [6, 6.07) is 14.5. The molecule has 2 aromatic rings. The largest absolute Gasteiger partial charge is 0.507 e. The molecule has 0 radical (unpaired) electrons. The van der Waals surface area contributed by atoms with Gasteiger partial charge in [-0.2, -0.15) is 0 Å². The summed E-state index contributed by atoms with van der Waals surface area (Å²) in [5.41, 5.74) is 0.808. The predicted molar refractivity (Wildman–Crippen MR) is 76.8 cm³/mol. The van der Waals surface area contributed by atoms with Crippen LogP contribution in [0, 0.1) is 0 Å². The van der Waals surface area contributed by atoms with Gasteiger partial charge in [-0.3, -0.25) is 0 Å². The number of phenols is 1. The summed E-state index contributed by atoms with van der Waals surface area (Å²) in [5, 5.41) is 19.8. The number of aliphatic hydroxyl groups is 1. The molecule has 3 nitrogen and oxygen atoms in total. The van der Waals surface area contributed by atoms with E-state index in [-0.39, 0.29) is 5.75 Å². The Hall–Kier alpha value is -1.65. The number of rotatable bonds is 5. The van der Waals surface area contributed by atoms with E-state index in [9.17, 15) is 10.2 Å². The van der Waals surface area contributed by atoms with E-state index >= 15 is 0 Å². The Morgan fingerprint density at radius 2 is 1.95 bits per heavy atom. The van der Waals surface area contributed by atoms with E-state index in [1.807, 2.05) is 36.4 Å². The molecule has 2 rings (SSSR count). The maximum atomic E-state index is 10.1. The third kappa shape index (κ3) is 3.66. The van der Waals surface area contributed by atoms with Gasteiger partial charge in [-0.05, 0) is 29.8 Å². The first-order valence-electron chi connectivity index (χ1n) is 5.93. The van der Waals surface area contributed by atoms with Gasteiger partial charge < -0.3 is 14.9 Å². The minimum atomic E-state index is -0.597. The van der Waals surface area contributed by atoms with Crippen LogP contribution < -0.4 is 4.74 Å². The Kier molecular flexibility index (Phi) is 4.71. The molecule has 0 aliphatic carbocycles. The SMILES string of the molecule is COc1cccc(C(O)CSc2ccccc2O)c1. The van der Waals surface area contributed by atoms with Gasteiger partial charge in [0.1, 0.15) is 11.5 Å². The highest BCUT2D eigenvalue weighted by Crippen LogP contribution is 2.31. The van der Waals surface area contributed by atoms with Crippen LogP contribution in [0.4, 0.5) is 0 Å². The molecule has 2 aromatic carbocycles. The molecule has 0 amide bonds. The van der Waals surface area contributed by atoms with E-state index in [0.29, 0.717) is 5.75 Å². The van der Waals surface area contributed by atoms with Gasteiger partial charge in [-0.25, -0.2) is 0 Å². The fourth-order valence-corrected chi connectivity index (χ4v) is 2.61. The summed E-state index contributed by atoms with van der Waals surface area (Å²) in [5.74, 6) is 1.44. The van der Waals surface area contributed by atoms with Crippen LogP contribution in [0.15, 0.2) is 53.4 Å². The molecule has 0 aliphatic heterocycles. The van der Waals surface area contributed by atoms with Crippen LogP contribution in [-0.4, -0.2) is 23.1 Å². The van der Waals surface area contributed by atoms with Crippen LogP contribution in [0.25, 0.3) is 0 Å². The topological polar surface area (TPSA) is 49.7 Å². The Morgan fingerprint density at radius 3 is 2.68 bits per heavy atom. The monoisotopic (exact) mass is 276 g/mol. The molecular weight excluding hydrogens is 260 g/mol. The van der Waals surface area contributed by atoms with Gasteiger partial charge in [0.25, 0.3) is 0 Å². The van der Waals surface area contributed by atoms with Crippen LogP contribution in [0.3, 0.4) is 0 Å². The van der Waals surface area contributed by atoms with Gasteiger partial charge >= 0.3 is 0 Å². The van der Waals surface area contributed by atoms with Crippen LogP contribution >= 0.6 is 11.8 Å². The Labute approximate surface area is 116 Å². The van der Waals surface area contributed by atoms with Crippen molar-refractivity contribution in [3.8, 4) is 11.5 Å². The third-order valence-corrected chi connectivity index (χ3v) is 3.88. The van der Waals surface area contributed by atoms with Gasteiger partial charge in [0.05, 0.1) is 13.2 Å². The zero-order chi connectivity index (χ0) is 13.7. The number of aliphatic hydroxyl groups excluding tert-OH is 1. The number of thioether (sulfide) groups is 1. The Morgan fingerprint density at radius 1 is 1.16 bits per heavy atom. The number of methoxy groups -OCH3 is 1. The highest BCUT2D eigenvalue weighted by Gasteiger charge is 2.10. The van der Waals surface area contributed by atoms with Crippen molar-refractivity contribution < 1.29 is 14.9 Å². The van der Waals surface area contributed by atoms with Gasteiger partial charge in [0, 0.05) is 10.6 Å². The Balaban J connectivity index is 2.01. The number of hydrogen-bond donors (Lipinski definition) is 2. The van der Waals surface area contributed by atoms with Crippen LogP contribution in [-0.2, 0) is 0 Å². The van der Waals surface area contributed by atoms with E-state index in [2.05, 4.69) is 0 Å². The number of hydrogen-bond acceptors (Lipinski definition) is 4. The van der Waals surface area contributed by atoms with Gasteiger partial charge in [0.2, 0.25) is 0 Å². The molecule has 0 saturated carbocycles. The average molecular weight is 276 g/mol. The number of para-hydroxylation sites is 1. The van der Waals surface area contributed by atoms with Gasteiger partial charge in [-0.1, -0.05) is 24.3 Å². The molecule has 4 heteroatoms. The minimum absolute atomic E-state index is 0.241. The molecule has 0 aliphatic rings. The molecule has 1 unspecified atom stereocenters. The number of phenolic OH excluding ortho intramolecular Hbond substituents is 1. The molecule has 2 N–H and O–H groups in total. The lowest BCUT2D eigenvalue weighted by Gasteiger charge is -2.12. The molecule has 0 spiro atoms. The smallest absolute Gasteiger partial charge is 0.129 e. The van der Waals surface area contributed by atoms with Crippen molar-refractivity contribution in [1.82, 2.24) is 0 Å². The zero-order valence-corrected chi connectivity index (χ0v) is 11.4. The van der Waals surface area contributed by atoms with Crippen LogP contribution in [0.5, 0.6) is 11.5 Å². The van der Waals surface area contributed by atoms with Crippen molar-refractivity contribution in [2.24, 2.45) is 0 Å². The Bertz CT molecular complexity index is 542. The molecule has 0 aromatic heterocycles. The zero-order valence-electron chi connectivity index (χ0n) is 10.6. The molecule has 1 atom stereocenters. The fourth-order valence-electron chi connectivity index (χ4n) is 1.69. The molecular formula is C15H16O3S. The molecule has 100 valence electrons. The average Bonchev–Trinajstić information content (AvgIpc) is 2.46. The number of ether oxygens (including phenoxy) is 1. The fraction of sp³-hybridized carbons (Fsp3) is 0.200. The van der Waals surface area contributed by atoms with Gasteiger partial charge in [-0.15, -0.1) is 11.8 Å². The second kappa shape index (κ2) is 6.50. The van der Waals surface area contributed by atoms with E-state index in [4.69, 9.17) is 4.74 Å². The van der Waals surface area contributed by atoms with Crippen molar-refractivity contribution in [1.29, 1.82) is 0 Å². The second-order valence-electron chi connectivity index (χ2n) is 4.07. The molecule has 0 bridgehead atoms. The predicted octanol–water partition coefficient (Wildman–Crippen LogP) is 3.23. The maximum Gasteiger partial charge on any atom is 0.129 e. The summed E-state index contributed by atoms with van der Waals surface area (Å²) in [6.07, 6.45) is -0.597. The van der Waals surface area contributed by atoms with Crippen molar-refractivity contribution in [2.45, 2.75) is 11.0 Å². The van der Waals surface area contributed by atoms with E-state index < -0.39 is 6.10 Å². The highest BCUT2D eigenvalue weighted by molar-refractivity contribution is 7.99.